The van der Waals surface area contributed by atoms with Crippen LogP contribution in [0.1, 0.15) is 17.3 Å². The van der Waals surface area contributed by atoms with Crippen LogP contribution in [0.4, 0.5) is 11.5 Å². The van der Waals surface area contributed by atoms with Gasteiger partial charge in [0.05, 0.1) is 10.6 Å². The summed E-state index contributed by atoms with van der Waals surface area (Å²) in [6.45, 7) is 2.68. The molecule has 0 spiro atoms. The first kappa shape index (κ1) is 14.3. The van der Waals surface area contributed by atoms with Crippen molar-refractivity contribution in [2.45, 2.75) is 6.92 Å². The second-order valence-electron chi connectivity index (χ2n) is 4.15. The molecule has 0 unspecified atom stereocenters. The van der Waals surface area contributed by atoms with Crippen LogP contribution in [0.5, 0.6) is 0 Å². The van der Waals surface area contributed by atoms with Gasteiger partial charge in [0.25, 0.3) is 5.91 Å². The molecule has 0 aliphatic rings. The van der Waals surface area contributed by atoms with Gasteiger partial charge in [-0.05, 0) is 25.1 Å². The molecule has 0 aliphatic carbocycles. The molecular formula is C14H15ClN4O. The van der Waals surface area contributed by atoms with Gasteiger partial charge in [0.2, 0.25) is 0 Å². The zero-order chi connectivity index (χ0) is 14.5. The van der Waals surface area contributed by atoms with Crippen molar-refractivity contribution in [3.05, 3.63) is 47.4 Å². The molecule has 0 fully saturated rings. The predicted molar refractivity (Wildman–Crippen MR) is 80.4 cm³/mol. The van der Waals surface area contributed by atoms with Crippen molar-refractivity contribution < 1.29 is 4.79 Å². The second kappa shape index (κ2) is 6.34. The highest BCUT2D eigenvalue weighted by atomic mass is 35.5. The van der Waals surface area contributed by atoms with Crippen LogP contribution < -0.4 is 10.2 Å². The number of anilines is 2. The van der Waals surface area contributed by atoms with Crippen LogP contribution in [0.2, 0.25) is 5.02 Å². The lowest BCUT2D eigenvalue weighted by atomic mass is 10.2. The quantitative estimate of drug-likeness (QED) is 0.941. The van der Waals surface area contributed by atoms with E-state index in [0.29, 0.717) is 16.4 Å². The third-order valence-electron chi connectivity index (χ3n) is 2.80. The Balaban J connectivity index is 2.31. The fraction of sp³-hybridized carbons (Fsp3) is 0.214. The van der Waals surface area contributed by atoms with Crippen molar-refractivity contribution in [3.63, 3.8) is 0 Å². The van der Waals surface area contributed by atoms with Crippen molar-refractivity contribution in [1.29, 1.82) is 0 Å². The van der Waals surface area contributed by atoms with E-state index in [4.69, 9.17) is 11.6 Å². The summed E-state index contributed by atoms with van der Waals surface area (Å²) in [6.07, 6.45) is 4.75. The van der Waals surface area contributed by atoms with E-state index in [1.54, 1.807) is 37.6 Å². The minimum absolute atomic E-state index is 0.192. The zero-order valence-corrected chi connectivity index (χ0v) is 12.1. The molecule has 0 aliphatic heterocycles. The lowest BCUT2D eigenvalue weighted by molar-refractivity contribution is 0.0993. The summed E-state index contributed by atoms with van der Waals surface area (Å²) >= 11 is 6.07. The summed E-state index contributed by atoms with van der Waals surface area (Å²) in [5.41, 5.74) is 1.17. The monoisotopic (exact) mass is 290 g/mol. The number of carbonyl (C=O) groups excluding carboxylic acids is 1. The van der Waals surface area contributed by atoms with Crippen LogP contribution in [0.3, 0.4) is 0 Å². The second-order valence-corrected chi connectivity index (χ2v) is 4.56. The van der Waals surface area contributed by atoms with Gasteiger partial charge in [-0.1, -0.05) is 11.6 Å². The number of nitrogens with one attached hydrogen (secondary N) is 1. The molecule has 0 atom stereocenters. The number of amides is 1. The first-order valence-electron chi connectivity index (χ1n) is 6.21. The Bertz CT molecular complexity index is 603. The zero-order valence-electron chi connectivity index (χ0n) is 11.3. The van der Waals surface area contributed by atoms with E-state index in [1.807, 2.05) is 6.92 Å². The summed E-state index contributed by atoms with van der Waals surface area (Å²) in [5.74, 6) is 0.436. The van der Waals surface area contributed by atoms with Crippen molar-refractivity contribution in [2.75, 3.05) is 23.8 Å². The molecule has 1 N–H and O–H groups in total. The Hall–Kier alpha value is -2.14. The van der Waals surface area contributed by atoms with E-state index in [1.165, 1.54) is 11.1 Å². The molecule has 0 saturated carbocycles. The summed E-state index contributed by atoms with van der Waals surface area (Å²) in [7, 11) is 1.70. The Kier molecular flexibility index (Phi) is 4.53. The number of hydrogen-bond donors (Lipinski definition) is 1. The highest BCUT2D eigenvalue weighted by Crippen LogP contribution is 2.22. The topological polar surface area (TPSA) is 58.1 Å². The minimum Gasteiger partial charge on any atom is -0.370 e. The van der Waals surface area contributed by atoms with E-state index >= 15 is 0 Å². The van der Waals surface area contributed by atoms with Gasteiger partial charge >= 0.3 is 0 Å². The highest BCUT2D eigenvalue weighted by molar-refractivity contribution is 6.34. The SMILES string of the molecule is CCNc1cc(C(=O)N(C)c2ccncc2)c(Cl)cn1. The van der Waals surface area contributed by atoms with Crippen LogP contribution in [0, 0.1) is 0 Å². The molecule has 104 valence electrons. The van der Waals surface area contributed by atoms with Crippen molar-refractivity contribution in [3.8, 4) is 0 Å². The maximum atomic E-state index is 12.5. The van der Waals surface area contributed by atoms with Crippen LogP contribution >= 0.6 is 11.6 Å². The van der Waals surface area contributed by atoms with Crippen LogP contribution in [-0.4, -0.2) is 29.5 Å². The molecule has 5 nitrogen and oxygen atoms in total. The number of aromatic nitrogens is 2. The molecule has 1 amide bonds. The summed E-state index contributed by atoms with van der Waals surface area (Å²) < 4.78 is 0. The number of hydrogen-bond acceptors (Lipinski definition) is 4. The van der Waals surface area contributed by atoms with E-state index in [-0.39, 0.29) is 5.91 Å². The molecule has 2 aromatic heterocycles. The molecular weight excluding hydrogens is 276 g/mol. The van der Waals surface area contributed by atoms with E-state index < -0.39 is 0 Å². The Labute approximate surface area is 122 Å². The van der Waals surface area contributed by atoms with Gasteiger partial charge in [-0.2, -0.15) is 0 Å². The number of carbonyl (C=O) groups is 1. The van der Waals surface area contributed by atoms with E-state index in [2.05, 4.69) is 15.3 Å². The molecule has 20 heavy (non-hydrogen) atoms. The third kappa shape index (κ3) is 3.05. The Morgan fingerprint density at radius 1 is 1.40 bits per heavy atom. The van der Waals surface area contributed by atoms with Crippen molar-refractivity contribution in [2.24, 2.45) is 0 Å². The van der Waals surface area contributed by atoms with E-state index in [9.17, 15) is 4.79 Å². The maximum Gasteiger partial charge on any atom is 0.259 e. The van der Waals surface area contributed by atoms with Crippen molar-refractivity contribution in [1.82, 2.24) is 9.97 Å². The first-order valence-corrected chi connectivity index (χ1v) is 6.58. The molecule has 0 saturated heterocycles. The lowest BCUT2D eigenvalue weighted by Crippen LogP contribution is -2.26. The largest absolute Gasteiger partial charge is 0.370 e. The fourth-order valence-corrected chi connectivity index (χ4v) is 1.93. The molecule has 6 heteroatoms. The standard InChI is InChI=1S/C14H15ClN4O/c1-3-17-13-8-11(12(15)9-18-13)14(20)19(2)10-4-6-16-7-5-10/h4-9H,3H2,1-2H3,(H,17,18). The molecule has 0 aromatic carbocycles. The molecule has 2 aromatic rings. The van der Waals surface area contributed by atoms with Gasteiger partial charge in [-0.15, -0.1) is 0 Å². The van der Waals surface area contributed by atoms with Gasteiger partial charge < -0.3 is 10.2 Å². The smallest absolute Gasteiger partial charge is 0.259 e. The van der Waals surface area contributed by atoms with E-state index in [0.717, 1.165) is 12.2 Å². The Morgan fingerprint density at radius 2 is 2.10 bits per heavy atom. The van der Waals surface area contributed by atoms with Crippen LogP contribution in [0.25, 0.3) is 0 Å². The van der Waals surface area contributed by atoms with Gasteiger partial charge in [0, 0.05) is 37.9 Å². The third-order valence-corrected chi connectivity index (χ3v) is 3.10. The lowest BCUT2D eigenvalue weighted by Gasteiger charge is -2.18. The van der Waals surface area contributed by atoms with Gasteiger partial charge in [-0.25, -0.2) is 4.98 Å². The summed E-state index contributed by atoms with van der Waals surface area (Å²) in [5, 5.41) is 3.39. The minimum atomic E-state index is -0.192. The van der Waals surface area contributed by atoms with Gasteiger partial charge in [0.1, 0.15) is 5.82 Å². The van der Waals surface area contributed by atoms with Gasteiger partial charge in [-0.3, -0.25) is 9.78 Å². The molecule has 2 rings (SSSR count). The first-order chi connectivity index (χ1) is 9.63. The molecule has 0 radical (unpaired) electrons. The number of pyridine rings is 2. The Morgan fingerprint density at radius 3 is 2.75 bits per heavy atom. The van der Waals surface area contributed by atoms with Crippen LogP contribution in [-0.2, 0) is 0 Å². The predicted octanol–water partition coefficient (Wildman–Crippen LogP) is 2.84. The number of nitrogens with zero attached hydrogens (tertiary/aromatic N) is 3. The molecule has 0 bridgehead atoms. The average Bonchev–Trinajstić information content (AvgIpc) is 2.49. The highest BCUT2D eigenvalue weighted by Gasteiger charge is 2.17. The average molecular weight is 291 g/mol. The fourth-order valence-electron chi connectivity index (χ4n) is 1.75. The summed E-state index contributed by atoms with van der Waals surface area (Å²) in [4.78, 5) is 22.1. The number of rotatable bonds is 4. The molecule has 2 heterocycles. The van der Waals surface area contributed by atoms with Crippen molar-refractivity contribution >= 4 is 29.0 Å². The normalized spacial score (nSPS) is 10.2. The maximum absolute atomic E-state index is 12.5. The summed E-state index contributed by atoms with van der Waals surface area (Å²) in [6, 6.07) is 5.18. The van der Waals surface area contributed by atoms with Gasteiger partial charge in [0.15, 0.2) is 0 Å². The van der Waals surface area contributed by atoms with Crippen LogP contribution in [0.15, 0.2) is 36.8 Å². The number of halogens is 1.